The minimum Gasteiger partial charge on any atom is -0.377 e. The Morgan fingerprint density at radius 1 is 1.15 bits per heavy atom. The molecule has 8 heteroatoms. The van der Waals surface area contributed by atoms with E-state index < -0.39 is 0 Å². The summed E-state index contributed by atoms with van der Waals surface area (Å²) < 4.78 is 7.62. The minimum atomic E-state index is 0.107. The van der Waals surface area contributed by atoms with E-state index in [-0.39, 0.29) is 11.9 Å². The average molecular weight is 455 g/mol. The number of aryl methyl sites for hydroxylation is 1. The van der Waals surface area contributed by atoms with Crippen LogP contribution >= 0.6 is 0 Å². The first-order valence-corrected chi connectivity index (χ1v) is 11.8. The van der Waals surface area contributed by atoms with Crippen LogP contribution in [0.2, 0.25) is 0 Å². The molecule has 2 aromatic heterocycles. The molecule has 0 saturated carbocycles. The van der Waals surface area contributed by atoms with Crippen LogP contribution in [-0.4, -0.2) is 51.9 Å². The highest BCUT2D eigenvalue weighted by Crippen LogP contribution is 2.40. The number of carbonyl (C=O) groups is 1. The highest BCUT2D eigenvalue weighted by atomic mass is 16.5. The van der Waals surface area contributed by atoms with Crippen LogP contribution in [0.15, 0.2) is 36.5 Å². The second-order valence-electron chi connectivity index (χ2n) is 9.22. The first kappa shape index (κ1) is 20.9. The zero-order chi connectivity index (χ0) is 23.2. The number of pyridine rings is 1. The first-order valence-electron chi connectivity index (χ1n) is 11.8. The van der Waals surface area contributed by atoms with Crippen LogP contribution in [0.1, 0.15) is 41.9 Å². The van der Waals surface area contributed by atoms with E-state index in [0.717, 1.165) is 49.3 Å². The van der Waals surface area contributed by atoms with Crippen LogP contribution in [-0.2, 0) is 28.9 Å². The second kappa shape index (κ2) is 8.26. The summed E-state index contributed by atoms with van der Waals surface area (Å²) in [6, 6.07) is 12.6. The van der Waals surface area contributed by atoms with Crippen LogP contribution in [0.4, 0.5) is 11.5 Å². The van der Waals surface area contributed by atoms with Gasteiger partial charge < -0.3 is 14.5 Å². The van der Waals surface area contributed by atoms with Crippen LogP contribution in [0.5, 0.6) is 0 Å². The number of hydrogen-bond acceptors (Lipinski definition) is 6. The third-order valence-electron chi connectivity index (χ3n) is 7.14. The molecule has 0 unspecified atom stereocenters. The number of rotatable bonds is 3. The highest BCUT2D eigenvalue weighted by Gasteiger charge is 2.34. The number of anilines is 2. The molecule has 8 nitrogen and oxygen atoms in total. The number of ether oxygens (including phenoxy) is 1. The van der Waals surface area contributed by atoms with E-state index in [1.165, 1.54) is 22.5 Å². The maximum atomic E-state index is 12.2. The van der Waals surface area contributed by atoms with Crippen molar-refractivity contribution in [2.24, 2.45) is 0 Å². The third-order valence-corrected chi connectivity index (χ3v) is 7.14. The Bertz CT molecular complexity index is 1300. The van der Waals surface area contributed by atoms with Crippen LogP contribution in [0, 0.1) is 11.3 Å². The second-order valence-corrected chi connectivity index (χ2v) is 9.22. The number of nitrogens with zero attached hydrogens (tertiary/aromatic N) is 6. The van der Waals surface area contributed by atoms with Crippen molar-refractivity contribution in [3.8, 4) is 17.2 Å². The first-order chi connectivity index (χ1) is 16.6. The van der Waals surface area contributed by atoms with Crippen molar-refractivity contribution >= 4 is 17.4 Å². The lowest BCUT2D eigenvalue weighted by Crippen LogP contribution is -2.37. The van der Waals surface area contributed by atoms with E-state index in [1.54, 1.807) is 19.2 Å². The van der Waals surface area contributed by atoms with Crippen molar-refractivity contribution in [3.05, 3.63) is 59.0 Å². The Hall–Kier alpha value is -3.70. The van der Waals surface area contributed by atoms with E-state index in [9.17, 15) is 4.79 Å². The zero-order valence-corrected chi connectivity index (χ0v) is 19.2. The topological polar surface area (TPSA) is 87.3 Å². The predicted molar refractivity (Wildman–Crippen MR) is 127 cm³/mol. The fourth-order valence-electron chi connectivity index (χ4n) is 5.21. The smallest absolute Gasteiger partial charge is 0.219 e. The molecular weight excluding hydrogens is 428 g/mol. The summed E-state index contributed by atoms with van der Waals surface area (Å²) in [6.45, 7) is 5.28. The standard InChI is InChI=1S/C26H26N6O2/c1-17(33)30-10-8-25-23(14-30)26(29-32(25)22-15-34-16-22)31-9-2-3-19-11-18(5-7-24(19)31)20-4-6-21(12-27)28-13-20/h4-7,11,13,22H,2-3,8-10,14-16H2,1H3. The Labute approximate surface area is 198 Å². The van der Waals surface area contributed by atoms with Crippen molar-refractivity contribution < 1.29 is 9.53 Å². The molecule has 1 amide bonds. The Morgan fingerprint density at radius 3 is 2.71 bits per heavy atom. The van der Waals surface area contributed by atoms with E-state index in [2.05, 4.69) is 38.8 Å². The lowest BCUT2D eigenvalue weighted by atomic mass is 9.96. The maximum absolute atomic E-state index is 12.2. The van der Waals surface area contributed by atoms with Crippen LogP contribution in [0.3, 0.4) is 0 Å². The van der Waals surface area contributed by atoms with Gasteiger partial charge in [-0.25, -0.2) is 4.98 Å². The van der Waals surface area contributed by atoms with Gasteiger partial charge in [0.2, 0.25) is 5.91 Å². The summed E-state index contributed by atoms with van der Waals surface area (Å²) in [5, 5.41) is 14.1. The largest absolute Gasteiger partial charge is 0.377 e. The van der Waals surface area contributed by atoms with Gasteiger partial charge in [0.1, 0.15) is 11.8 Å². The van der Waals surface area contributed by atoms with Gasteiger partial charge in [-0.3, -0.25) is 9.48 Å². The fourth-order valence-corrected chi connectivity index (χ4v) is 5.21. The maximum Gasteiger partial charge on any atom is 0.219 e. The van der Waals surface area contributed by atoms with Gasteiger partial charge in [0.15, 0.2) is 5.82 Å². The van der Waals surface area contributed by atoms with E-state index in [4.69, 9.17) is 15.1 Å². The van der Waals surface area contributed by atoms with E-state index >= 15 is 0 Å². The molecular formula is C26H26N6O2. The molecule has 0 N–H and O–H groups in total. The quantitative estimate of drug-likeness (QED) is 0.603. The number of carbonyl (C=O) groups excluding carboxylic acids is 1. The molecule has 3 aliphatic rings. The van der Waals surface area contributed by atoms with E-state index in [1.807, 2.05) is 11.0 Å². The molecule has 0 radical (unpaired) electrons. The summed E-state index contributed by atoms with van der Waals surface area (Å²) in [7, 11) is 0. The number of nitriles is 1. The van der Waals surface area contributed by atoms with Crippen molar-refractivity contribution in [1.29, 1.82) is 5.26 Å². The van der Waals surface area contributed by atoms with Crippen LogP contribution in [0.25, 0.3) is 11.1 Å². The molecule has 1 saturated heterocycles. The van der Waals surface area contributed by atoms with Crippen LogP contribution < -0.4 is 4.90 Å². The number of aromatic nitrogens is 3. The Balaban J connectivity index is 1.39. The lowest BCUT2D eigenvalue weighted by Gasteiger charge is -2.33. The number of fused-ring (bicyclic) bond motifs is 2. The van der Waals surface area contributed by atoms with Gasteiger partial charge in [0, 0.05) is 55.1 Å². The minimum absolute atomic E-state index is 0.107. The summed E-state index contributed by atoms with van der Waals surface area (Å²) in [5.41, 5.74) is 7.39. The molecule has 34 heavy (non-hydrogen) atoms. The third kappa shape index (κ3) is 3.44. The van der Waals surface area contributed by atoms with Crippen molar-refractivity contribution in [2.45, 2.75) is 38.8 Å². The zero-order valence-electron chi connectivity index (χ0n) is 19.2. The van der Waals surface area contributed by atoms with Gasteiger partial charge in [-0.15, -0.1) is 0 Å². The molecule has 172 valence electrons. The SMILES string of the molecule is CC(=O)N1CCc2c(c(N3CCCc4cc(-c5ccc(C#N)nc5)ccc43)nn2C2COC2)C1. The summed E-state index contributed by atoms with van der Waals surface area (Å²) in [6.07, 6.45) is 4.62. The Kier molecular flexibility index (Phi) is 5.07. The van der Waals surface area contributed by atoms with Crippen molar-refractivity contribution in [3.63, 3.8) is 0 Å². The van der Waals surface area contributed by atoms with Crippen molar-refractivity contribution in [2.75, 3.05) is 31.2 Å². The highest BCUT2D eigenvalue weighted by molar-refractivity contribution is 5.76. The molecule has 1 aromatic carbocycles. The number of benzene rings is 1. The summed E-state index contributed by atoms with van der Waals surface area (Å²) in [4.78, 5) is 20.6. The fraction of sp³-hybridized carbons (Fsp3) is 0.385. The van der Waals surface area contributed by atoms with E-state index in [0.29, 0.717) is 25.5 Å². The molecule has 3 aliphatic heterocycles. The molecule has 0 bridgehead atoms. The van der Waals surface area contributed by atoms with Crippen molar-refractivity contribution in [1.82, 2.24) is 19.7 Å². The molecule has 3 aromatic rings. The normalized spacial score (nSPS) is 17.5. The summed E-state index contributed by atoms with van der Waals surface area (Å²) >= 11 is 0. The summed E-state index contributed by atoms with van der Waals surface area (Å²) in [5.74, 6) is 1.08. The predicted octanol–water partition coefficient (Wildman–Crippen LogP) is 3.38. The molecule has 0 aliphatic carbocycles. The van der Waals surface area contributed by atoms with Gasteiger partial charge >= 0.3 is 0 Å². The Morgan fingerprint density at radius 2 is 2.00 bits per heavy atom. The molecule has 5 heterocycles. The number of hydrogen-bond donors (Lipinski definition) is 0. The molecule has 1 fully saturated rings. The molecule has 6 rings (SSSR count). The molecule has 0 spiro atoms. The molecule has 0 atom stereocenters. The van der Waals surface area contributed by atoms with Gasteiger partial charge in [-0.05, 0) is 48.2 Å². The number of amides is 1. The average Bonchev–Trinajstić information content (AvgIpc) is 3.20. The van der Waals surface area contributed by atoms with Gasteiger partial charge in [0.25, 0.3) is 0 Å². The monoisotopic (exact) mass is 454 g/mol. The lowest BCUT2D eigenvalue weighted by molar-refractivity contribution is -0.129. The van der Waals surface area contributed by atoms with Gasteiger partial charge in [0.05, 0.1) is 25.8 Å². The van der Waals surface area contributed by atoms with Gasteiger partial charge in [-0.1, -0.05) is 6.07 Å². The van der Waals surface area contributed by atoms with Gasteiger partial charge in [-0.2, -0.15) is 10.4 Å².